The number of nitrogens with one attached hydrogen (secondary N) is 2. The SMILES string of the molecule is CC(C)(C)c1ccc(/C=C2/SC(=O)N(CCNC(=O)CNC(=O)c3ccccc3F)C2=O)cc1. The van der Waals surface area contributed by atoms with Crippen LogP contribution in [-0.4, -0.2) is 47.5 Å². The number of hydrogen-bond acceptors (Lipinski definition) is 5. The zero-order chi connectivity index (χ0) is 24.9. The Kier molecular flexibility index (Phi) is 7.88. The molecule has 1 heterocycles. The molecule has 0 bridgehead atoms. The van der Waals surface area contributed by atoms with Crippen LogP contribution in [0.4, 0.5) is 9.18 Å². The molecule has 2 N–H and O–H groups in total. The molecule has 0 aromatic heterocycles. The van der Waals surface area contributed by atoms with E-state index in [0.29, 0.717) is 4.91 Å². The predicted octanol–water partition coefficient (Wildman–Crippen LogP) is 3.71. The Bertz CT molecular complexity index is 1140. The van der Waals surface area contributed by atoms with Crippen molar-refractivity contribution in [1.82, 2.24) is 15.5 Å². The van der Waals surface area contributed by atoms with Crippen molar-refractivity contribution >= 4 is 40.8 Å². The molecule has 0 radical (unpaired) electrons. The van der Waals surface area contributed by atoms with Crippen molar-refractivity contribution in [3.8, 4) is 0 Å². The first-order valence-corrected chi connectivity index (χ1v) is 11.5. The standard InChI is InChI=1S/C25H26FN3O4S/c1-25(2,3)17-10-8-16(9-11-17)14-20-23(32)29(24(33)34-20)13-12-27-21(30)15-28-22(31)18-6-4-5-7-19(18)26/h4-11,14H,12-13,15H2,1-3H3,(H,27,30)(H,28,31)/b20-14+. The molecule has 9 heteroatoms. The van der Waals surface area contributed by atoms with Gasteiger partial charge in [-0.05, 0) is 46.5 Å². The first-order valence-electron chi connectivity index (χ1n) is 10.7. The summed E-state index contributed by atoms with van der Waals surface area (Å²) < 4.78 is 13.6. The summed E-state index contributed by atoms with van der Waals surface area (Å²) in [6.07, 6.45) is 1.67. The minimum atomic E-state index is -0.708. The molecule has 0 spiro atoms. The van der Waals surface area contributed by atoms with Crippen LogP contribution >= 0.6 is 11.8 Å². The molecule has 1 aliphatic rings. The highest BCUT2D eigenvalue weighted by Gasteiger charge is 2.34. The number of thioether (sulfide) groups is 1. The van der Waals surface area contributed by atoms with Crippen LogP contribution in [0.2, 0.25) is 0 Å². The van der Waals surface area contributed by atoms with Gasteiger partial charge in [-0.2, -0.15) is 0 Å². The first kappa shape index (κ1) is 25.2. The molecule has 4 amide bonds. The Morgan fingerprint density at radius 1 is 1.03 bits per heavy atom. The van der Waals surface area contributed by atoms with Gasteiger partial charge in [0.05, 0.1) is 17.0 Å². The van der Waals surface area contributed by atoms with E-state index < -0.39 is 28.8 Å². The minimum Gasteiger partial charge on any atom is -0.353 e. The summed E-state index contributed by atoms with van der Waals surface area (Å²) in [5.41, 5.74) is 1.84. The molecule has 2 aromatic rings. The zero-order valence-electron chi connectivity index (χ0n) is 19.2. The van der Waals surface area contributed by atoms with E-state index in [-0.39, 0.29) is 30.6 Å². The van der Waals surface area contributed by atoms with Gasteiger partial charge < -0.3 is 10.6 Å². The van der Waals surface area contributed by atoms with E-state index in [1.165, 1.54) is 23.8 Å². The summed E-state index contributed by atoms with van der Waals surface area (Å²) in [7, 11) is 0. The third-order valence-electron chi connectivity index (χ3n) is 5.13. The topological polar surface area (TPSA) is 95.6 Å². The molecule has 1 fully saturated rings. The van der Waals surface area contributed by atoms with Crippen LogP contribution in [0.15, 0.2) is 53.4 Å². The molecule has 0 atom stereocenters. The lowest BCUT2D eigenvalue weighted by atomic mass is 9.87. The molecule has 178 valence electrons. The van der Waals surface area contributed by atoms with Gasteiger partial charge in [0, 0.05) is 13.1 Å². The van der Waals surface area contributed by atoms with Crippen molar-refractivity contribution in [2.24, 2.45) is 0 Å². The van der Waals surface area contributed by atoms with Crippen molar-refractivity contribution in [2.45, 2.75) is 26.2 Å². The molecule has 1 saturated heterocycles. The quantitative estimate of drug-likeness (QED) is 0.586. The third kappa shape index (κ3) is 6.32. The molecule has 34 heavy (non-hydrogen) atoms. The van der Waals surface area contributed by atoms with Gasteiger partial charge in [0.2, 0.25) is 5.91 Å². The fraction of sp³-hybridized carbons (Fsp3) is 0.280. The van der Waals surface area contributed by atoms with Crippen molar-refractivity contribution in [3.05, 3.63) is 75.9 Å². The fourth-order valence-corrected chi connectivity index (χ4v) is 4.06. The van der Waals surface area contributed by atoms with Gasteiger partial charge in [-0.25, -0.2) is 4.39 Å². The van der Waals surface area contributed by atoms with Crippen molar-refractivity contribution in [1.29, 1.82) is 0 Å². The fourth-order valence-electron chi connectivity index (χ4n) is 3.19. The largest absolute Gasteiger partial charge is 0.353 e. The van der Waals surface area contributed by atoms with E-state index in [1.807, 2.05) is 24.3 Å². The van der Waals surface area contributed by atoms with Gasteiger partial charge in [0.15, 0.2) is 0 Å². The molecule has 0 unspecified atom stereocenters. The maximum absolute atomic E-state index is 13.6. The molecule has 0 aliphatic carbocycles. The Hall–Kier alpha value is -3.46. The number of nitrogens with zero attached hydrogens (tertiary/aromatic N) is 1. The number of carbonyl (C=O) groups excluding carboxylic acids is 4. The van der Waals surface area contributed by atoms with E-state index in [0.717, 1.165) is 28.3 Å². The van der Waals surface area contributed by atoms with Gasteiger partial charge in [-0.15, -0.1) is 0 Å². The first-order chi connectivity index (χ1) is 16.1. The van der Waals surface area contributed by atoms with Gasteiger partial charge in [-0.1, -0.05) is 57.2 Å². The van der Waals surface area contributed by atoms with Gasteiger partial charge in [0.1, 0.15) is 5.82 Å². The summed E-state index contributed by atoms with van der Waals surface area (Å²) in [6.45, 7) is 6.01. The number of rotatable bonds is 7. The average molecular weight is 484 g/mol. The molecule has 1 aliphatic heterocycles. The van der Waals surface area contributed by atoms with Gasteiger partial charge >= 0.3 is 0 Å². The summed E-state index contributed by atoms with van der Waals surface area (Å²) in [6, 6.07) is 13.3. The van der Waals surface area contributed by atoms with Gasteiger partial charge in [0.25, 0.3) is 17.1 Å². The third-order valence-corrected chi connectivity index (χ3v) is 6.04. The molecular weight excluding hydrogens is 457 g/mol. The van der Waals surface area contributed by atoms with Crippen LogP contribution in [0.3, 0.4) is 0 Å². The van der Waals surface area contributed by atoms with Crippen LogP contribution in [0.1, 0.15) is 42.3 Å². The maximum atomic E-state index is 13.6. The van der Waals surface area contributed by atoms with Crippen LogP contribution in [0.5, 0.6) is 0 Å². The van der Waals surface area contributed by atoms with E-state index in [2.05, 4.69) is 31.4 Å². The highest BCUT2D eigenvalue weighted by Crippen LogP contribution is 2.32. The van der Waals surface area contributed by atoms with Crippen LogP contribution in [0.25, 0.3) is 6.08 Å². The highest BCUT2D eigenvalue weighted by molar-refractivity contribution is 8.18. The van der Waals surface area contributed by atoms with Crippen molar-refractivity contribution in [2.75, 3.05) is 19.6 Å². The molecule has 2 aromatic carbocycles. The molecule has 3 rings (SSSR count). The van der Waals surface area contributed by atoms with Crippen LogP contribution in [-0.2, 0) is 15.0 Å². The number of carbonyl (C=O) groups is 4. The molecule has 7 nitrogen and oxygen atoms in total. The van der Waals surface area contributed by atoms with Crippen molar-refractivity contribution in [3.63, 3.8) is 0 Å². The Morgan fingerprint density at radius 3 is 2.35 bits per heavy atom. The molecule has 0 saturated carbocycles. The number of imide groups is 1. The van der Waals surface area contributed by atoms with Crippen LogP contribution < -0.4 is 10.6 Å². The van der Waals surface area contributed by atoms with E-state index >= 15 is 0 Å². The van der Waals surface area contributed by atoms with Crippen molar-refractivity contribution < 1.29 is 23.6 Å². The van der Waals surface area contributed by atoms with E-state index in [9.17, 15) is 23.6 Å². The average Bonchev–Trinajstić information content (AvgIpc) is 3.05. The number of halogens is 1. The lowest BCUT2D eigenvalue weighted by Gasteiger charge is -2.18. The normalized spacial score (nSPS) is 15.1. The van der Waals surface area contributed by atoms with E-state index in [1.54, 1.807) is 6.08 Å². The number of benzene rings is 2. The second-order valence-corrected chi connectivity index (χ2v) is 9.71. The Labute approximate surface area is 201 Å². The summed E-state index contributed by atoms with van der Waals surface area (Å²) in [5, 5.41) is 4.45. The predicted molar refractivity (Wildman–Crippen MR) is 130 cm³/mol. The highest BCUT2D eigenvalue weighted by atomic mass is 32.2. The van der Waals surface area contributed by atoms with Crippen LogP contribution in [0, 0.1) is 5.82 Å². The Morgan fingerprint density at radius 2 is 1.71 bits per heavy atom. The summed E-state index contributed by atoms with van der Waals surface area (Å²) in [4.78, 5) is 50.2. The lowest BCUT2D eigenvalue weighted by molar-refractivity contribution is -0.124. The monoisotopic (exact) mass is 483 g/mol. The number of hydrogen-bond donors (Lipinski definition) is 2. The lowest BCUT2D eigenvalue weighted by Crippen LogP contribution is -2.41. The second kappa shape index (κ2) is 10.6. The minimum absolute atomic E-state index is 0.00202. The maximum Gasteiger partial charge on any atom is 0.293 e. The molecular formula is C25H26FN3O4S. The second-order valence-electron chi connectivity index (χ2n) is 8.72. The summed E-state index contributed by atoms with van der Waals surface area (Å²) in [5.74, 6) is -2.33. The zero-order valence-corrected chi connectivity index (χ0v) is 20.0. The summed E-state index contributed by atoms with van der Waals surface area (Å²) >= 11 is 0.852. The number of amides is 4. The van der Waals surface area contributed by atoms with Gasteiger partial charge in [-0.3, -0.25) is 24.1 Å². The van der Waals surface area contributed by atoms with E-state index in [4.69, 9.17) is 0 Å². The Balaban J connectivity index is 1.49. The smallest absolute Gasteiger partial charge is 0.293 e.